The minimum atomic E-state index is -3.10. The number of rotatable bonds is 3. The number of sulfone groups is 1. The van der Waals surface area contributed by atoms with Gasteiger partial charge in [-0.1, -0.05) is 12.8 Å². The zero-order valence-electron chi connectivity index (χ0n) is 13.3. The first-order chi connectivity index (χ1) is 9.80. The summed E-state index contributed by atoms with van der Waals surface area (Å²) in [6.45, 7) is 2.96. The predicted molar refractivity (Wildman–Crippen MR) is 83.8 cm³/mol. The molecule has 21 heavy (non-hydrogen) atoms. The van der Waals surface area contributed by atoms with E-state index in [2.05, 4.69) is 12.2 Å². The van der Waals surface area contributed by atoms with E-state index >= 15 is 0 Å². The number of hydrogen-bond donors (Lipinski definition) is 1. The molecule has 2 aliphatic rings. The molecular formula is C15H28N2O3S. The molecule has 1 aliphatic heterocycles. The van der Waals surface area contributed by atoms with E-state index in [0.29, 0.717) is 12.5 Å². The zero-order valence-corrected chi connectivity index (χ0v) is 14.2. The second-order valence-corrected chi connectivity index (χ2v) is 9.01. The third-order valence-corrected chi connectivity index (χ3v) is 6.69. The first-order valence-corrected chi connectivity index (χ1v) is 9.95. The van der Waals surface area contributed by atoms with Crippen LogP contribution in [0.15, 0.2) is 0 Å². The number of hydrogen-bond acceptors (Lipinski definition) is 4. The Morgan fingerprint density at radius 3 is 2.48 bits per heavy atom. The molecule has 2 rings (SSSR count). The van der Waals surface area contributed by atoms with Gasteiger partial charge >= 0.3 is 0 Å². The highest BCUT2D eigenvalue weighted by atomic mass is 32.2. The van der Waals surface area contributed by atoms with Gasteiger partial charge in [-0.2, -0.15) is 0 Å². The van der Waals surface area contributed by atoms with E-state index in [9.17, 15) is 13.2 Å². The van der Waals surface area contributed by atoms with Crippen LogP contribution in [0.3, 0.4) is 0 Å². The second-order valence-electron chi connectivity index (χ2n) is 6.75. The Morgan fingerprint density at radius 1 is 1.19 bits per heavy atom. The molecule has 122 valence electrons. The SMILES string of the molecule is C[C@H]1C[C@@H](C(=O)N(C)C2CCCCC2S(C)(=O)=O)CCN1. The third-order valence-electron chi connectivity index (χ3n) is 5.04. The molecule has 0 aromatic heterocycles. The van der Waals surface area contributed by atoms with Gasteiger partial charge in [-0.3, -0.25) is 4.79 Å². The summed E-state index contributed by atoms with van der Waals surface area (Å²) in [6.07, 6.45) is 6.45. The lowest BCUT2D eigenvalue weighted by molar-refractivity contribution is -0.138. The summed E-state index contributed by atoms with van der Waals surface area (Å²) in [4.78, 5) is 14.5. The van der Waals surface area contributed by atoms with Crippen molar-refractivity contribution in [3.8, 4) is 0 Å². The summed E-state index contributed by atoms with van der Waals surface area (Å²) in [6, 6.07) is 0.213. The molecule has 5 nitrogen and oxygen atoms in total. The van der Waals surface area contributed by atoms with E-state index in [-0.39, 0.29) is 23.1 Å². The standard InChI is InChI=1S/C15H28N2O3S/c1-11-10-12(8-9-16-11)15(18)17(2)13-6-4-5-7-14(13)21(3,19)20/h11-14,16H,4-10H2,1-3H3/t11-,12-,13?,14?/m0/s1. The summed E-state index contributed by atoms with van der Waals surface area (Å²) >= 11 is 0. The first kappa shape index (κ1) is 16.7. The molecule has 0 radical (unpaired) electrons. The normalized spacial score (nSPS) is 34.4. The maximum absolute atomic E-state index is 12.7. The fraction of sp³-hybridized carbons (Fsp3) is 0.933. The van der Waals surface area contributed by atoms with E-state index < -0.39 is 9.84 Å². The zero-order chi connectivity index (χ0) is 15.6. The fourth-order valence-electron chi connectivity index (χ4n) is 3.83. The van der Waals surface area contributed by atoms with Gasteiger partial charge in [-0.05, 0) is 39.2 Å². The lowest BCUT2D eigenvalue weighted by Gasteiger charge is -2.39. The maximum Gasteiger partial charge on any atom is 0.225 e. The Morgan fingerprint density at radius 2 is 1.86 bits per heavy atom. The number of nitrogens with one attached hydrogen (secondary N) is 1. The minimum Gasteiger partial charge on any atom is -0.341 e. The van der Waals surface area contributed by atoms with E-state index in [4.69, 9.17) is 0 Å². The highest BCUT2D eigenvalue weighted by molar-refractivity contribution is 7.91. The van der Waals surface area contributed by atoms with Crippen LogP contribution in [-0.2, 0) is 14.6 Å². The quantitative estimate of drug-likeness (QED) is 0.849. The van der Waals surface area contributed by atoms with Gasteiger partial charge in [0, 0.05) is 31.3 Å². The molecule has 0 aromatic rings. The van der Waals surface area contributed by atoms with Gasteiger partial charge in [0.1, 0.15) is 0 Å². The van der Waals surface area contributed by atoms with Crippen molar-refractivity contribution >= 4 is 15.7 Å². The average molecular weight is 316 g/mol. The Bertz CT molecular complexity index is 477. The highest BCUT2D eigenvalue weighted by Gasteiger charge is 2.39. The largest absolute Gasteiger partial charge is 0.341 e. The number of nitrogens with zero attached hydrogens (tertiary/aromatic N) is 1. The number of carbonyl (C=O) groups is 1. The van der Waals surface area contributed by atoms with Crippen LogP contribution in [0.1, 0.15) is 45.4 Å². The van der Waals surface area contributed by atoms with E-state index in [1.807, 2.05) is 0 Å². The van der Waals surface area contributed by atoms with Crippen molar-refractivity contribution in [3.63, 3.8) is 0 Å². The molecule has 1 amide bonds. The molecule has 1 saturated heterocycles. The number of amides is 1. The van der Waals surface area contributed by atoms with Crippen LogP contribution in [0.5, 0.6) is 0 Å². The lowest BCUT2D eigenvalue weighted by atomic mass is 9.89. The second kappa shape index (κ2) is 6.65. The van der Waals surface area contributed by atoms with Gasteiger partial charge in [0.15, 0.2) is 9.84 Å². The van der Waals surface area contributed by atoms with Crippen molar-refractivity contribution in [1.82, 2.24) is 10.2 Å². The van der Waals surface area contributed by atoms with Crippen molar-refractivity contribution in [2.24, 2.45) is 5.92 Å². The van der Waals surface area contributed by atoms with Gasteiger partial charge in [0.25, 0.3) is 0 Å². The molecule has 6 heteroatoms. The topological polar surface area (TPSA) is 66.5 Å². The number of carbonyl (C=O) groups excluding carboxylic acids is 1. The first-order valence-electron chi connectivity index (χ1n) is 7.99. The maximum atomic E-state index is 12.7. The smallest absolute Gasteiger partial charge is 0.225 e. The average Bonchev–Trinajstić information content (AvgIpc) is 2.45. The molecule has 4 atom stereocenters. The molecule has 0 bridgehead atoms. The van der Waals surface area contributed by atoms with Gasteiger partial charge in [0.05, 0.1) is 5.25 Å². The van der Waals surface area contributed by atoms with E-state index in [0.717, 1.165) is 38.6 Å². The van der Waals surface area contributed by atoms with Crippen LogP contribution >= 0.6 is 0 Å². The van der Waals surface area contributed by atoms with Crippen molar-refractivity contribution in [2.75, 3.05) is 19.8 Å². The van der Waals surface area contributed by atoms with Crippen molar-refractivity contribution in [3.05, 3.63) is 0 Å². The van der Waals surface area contributed by atoms with E-state index in [1.165, 1.54) is 6.26 Å². The summed E-state index contributed by atoms with van der Waals surface area (Å²) in [5, 5.41) is 2.96. The Balaban J connectivity index is 2.09. The number of piperidine rings is 1. The Hall–Kier alpha value is -0.620. The monoisotopic (exact) mass is 316 g/mol. The van der Waals surface area contributed by atoms with Gasteiger partial charge in [-0.25, -0.2) is 8.42 Å². The third kappa shape index (κ3) is 3.97. The van der Waals surface area contributed by atoms with Crippen molar-refractivity contribution in [1.29, 1.82) is 0 Å². The summed E-state index contributed by atoms with van der Waals surface area (Å²) in [5.41, 5.74) is 0. The molecule has 1 N–H and O–H groups in total. The van der Waals surface area contributed by atoms with E-state index in [1.54, 1.807) is 11.9 Å². The molecular weight excluding hydrogens is 288 g/mol. The molecule has 2 fully saturated rings. The predicted octanol–water partition coefficient (Wildman–Crippen LogP) is 1.19. The van der Waals surface area contributed by atoms with Gasteiger partial charge < -0.3 is 10.2 Å². The molecule has 2 unspecified atom stereocenters. The summed E-state index contributed by atoms with van der Waals surface area (Å²) in [7, 11) is -1.31. The van der Waals surface area contributed by atoms with Crippen LogP contribution < -0.4 is 5.32 Å². The molecule has 0 spiro atoms. The molecule has 1 saturated carbocycles. The highest BCUT2D eigenvalue weighted by Crippen LogP contribution is 2.29. The summed E-state index contributed by atoms with van der Waals surface area (Å²) < 4.78 is 24.0. The van der Waals surface area contributed by atoms with Crippen LogP contribution in [0.2, 0.25) is 0 Å². The fourth-order valence-corrected chi connectivity index (χ4v) is 5.31. The van der Waals surface area contributed by atoms with Crippen molar-refractivity contribution in [2.45, 2.75) is 62.8 Å². The molecule has 0 aromatic carbocycles. The van der Waals surface area contributed by atoms with Gasteiger partial charge in [-0.15, -0.1) is 0 Å². The molecule has 1 heterocycles. The summed E-state index contributed by atoms with van der Waals surface area (Å²) in [5.74, 6) is 0.164. The lowest BCUT2D eigenvalue weighted by Crippen LogP contribution is -2.52. The van der Waals surface area contributed by atoms with Gasteiger partial charge in [0.2, 0.25) is 5.91 Å². The van der Waals surface area contributed by atoms with Crippen LogP contribution in [-0.4, -0.2) is 56.4 Å². The molecule has 1 aliphatic carbocycles. The minimum absolute atomic E-state index is 0.0355. The Labute approximate surface area is 128 Å². The van der Waals surface area contributed by atoms with Crippen molar-refractivity contribution < 1.29 is 13.2 Å². The van der Waals surface area contributed by atoms with Crippen LogP contribution in [0.25, 0.3) is 0 Å². The van der Waals surface area contributed by atoms with Crippen LogP contribution in [0.4, 0.5) is 0 Å². The Kier molecular flexibility index (Phi) is 5.30. The van der Waals surface area contributed by atoms with Crippen LogP contribution in [0, 0.1) is 5.92 Å².